The summed E-state index contributed by atoms with van der Waals surface area (Å²) in [5, 5.41) is 4.21. The lowest BCUT2D eigenvalue weighted by atomic mass is 10.0. The summed E-state index contributed by atoms with van der Waals surface area (Å²) in [6.07, 6.45) is 5.05. The molecule has 0 atom stereocenters. The molecule has 1 aromatic heterocycles. The van der Waals surface area contributed by atoms with Crippen molar-refractivity contribution in [3.63, 3.8) is 0 Å². The number of aromatic nitrogens is 1. The van der Waals surface area contributed by atoms with E-state index in [0.717, 1.165) is 28.8 Å². The van der Waals surface area contributed by atoms with Gasteiger partial charge in [-0.15, -0.1) is 0 Å². The first-order valence-corrected chi connectivity index (χ1v) is 7.12. The first-order chi connectivity index (χ1) is 9.28. The lowest BCUT2D eigenvalue weighted by Gasteiger charge is -2.14. The van der Waals surface area contributed by atoms with Crippen molar-refractivity contribution in [3.8, 4) is 0 Å². The topological polar surface area (TPSA) is 24.9 Å². The van der Waals surface area contributed by atoms with Gasteiger partial charge in [-0.1, -0.05) is 12.8 Å². The largest absolute Gasteiger partial charge is 0.385 e. The second-order valence-corrected chi connectivity index (χ2v) is 5.27. The fourth-order valence-corrected chi connectivity index (χ4v) is 2.99. The summed E-state index contributed by atoms with van der Waals surface area (Å²) in [5.41, 5.74) is 3.06. The van der Waals surface area contributed by atoms with E-state index in [4.69, 9.17) is 4.98 Å². The number of benzene rings is 1. The van der Waals surface area contributed by atoms with Crippen LogP contribution in [0.4, 0.5) is 10.1 Å². The molecular weight excluding hydrogens is 239 g/mol. The van der Waals surface area contributed by atoms with Crippen LogP contribution in [0, 0.1) is 5.82 Å². The number of halogens is 1. The van der Waals surface area contributed by atoms with Crippen molar-refractivity contribution in [2.24, 2.45) is 0 Å². The van der Waals surface area contributed by atoms with Gasteiger partial charge in [0.05, 0.1) is 5.52 Å². The number of pyridine rings is 1. The minimum Gasteiger partial charge on any atom is -0.385 e. The Bertz CT molecular complexity index is 589. The Morgan fingerprint density at radius 2 is 2.05 bits per heavy atom. The number of anilines is 1. The van der Waals surface area contributed by atoms with E-state index in [1.165, 1.54) is 31.7 Å². The van der Waals surface area contributed by atoms with Crippen molar-refractivity contribution < 1.29 is 4.39 Å². The number of fused-ring (bicyclic) bond motifs is 1. The van der Waals surface area contributed by atoms with Crippen LogP contribution in [0.25, 0.3) is 10.9 Å². The van der Waals surface area contributed by atoms with Crippen molar-refractivity contribution in [2.75, 3.05) is 11.9 Å². The Hall–Kier alpha value is -1.64. The van der Waals surface area contributed by atoms with Crippen LogP contribution in [0.1, 0.15) is 44.2 Å². The van der Waals surface area contributed by atoms with Gasteiger partial charge in [-0.2, -0.15) is 0 Å². The minimum atomic E-state index is -0.206. The predicted octanol–water partition coefficient (Wildman–Crippen LogP) is 4.46. The summed E-state index contributed by atoms with van der Waals surface area (Å²) in [4.78, 5) is 4.73. The van der Waals surface area contributed by atoms with Crippen LogP contribution in [0.5, 0.6) is 0 Å². The molecule has 0 spiro atoms. The van der Waals surface area contributed by atoms with E-state index in [1.807, 2.05) is 0 Å². The molecule has 1 saturated carbocycles. The van der Waals surface area contributed by atoms with Gasteiger partial charge in [-0.3, -0.25) is 4.98 Å². The zero-order valence-electron chi connectivity index (χ0n) is 11.2. The fourth-order valence-electron chi connectivity index (χ4n) is 2.99. The molecule has 1 heterocycles. The lowest BCUT2D eigenvalue weighted by molar-refractivity contribution is 0.629. The number of rotatable bonds is 3. The quantitative estimate of drug-likeness (QED) is 0.879. The van der Waals surface area contributed by atoms with Gasteiger partial charge in [-0.25, -0.2) is 4.39 Å². The van der Waals surface area contributed by atoms with E-state index < -0.39 is 0 Å². The molecular formula is C16H19FN2. The van der Waals surface area contributed by atoms with E-state index in [1.54, 1.807) is 12.1 Å². The maximum Gasteiger partial charge on any atom is 0.124 e. The van der Waals surface area contributed by atoms with Crippen molar-refractivity contribution >= 4 is 16.6 Å². The second-order valence-electron chi connectivity index (χ2n) is 5.27. The fraction of sp³-hybridized carbons (Fsp3) is 0.438. The summed E-state index contributed by atoms with van der Waals surface area (Å²) in [6.45, 7) is 2.89. The molecule has 2 aromatic rings. The highest BCUT2D eigenvalue weighted by Gasteiger charge is 2.19. The minimum absolute atomic E-state index is 0.206. The van der Waals surface area contributed by atoms with E-state index >= 15 is 0 Å². The van der Waals surface area contributed by atoms with Gasteiger partial charge in [0.1, 0.15) is 5.82 Å². The molecule has 19 heavy (non-hydrogen) atoms. The van der Waals surface area contributed by atoms with Crippen molar-refractivity contribution in [2.45, 2.75) is 38.5 Å². The van der Waals surface area contributed by atoms with E-state index in [-0.39, 0.29) is 5.82 Å². The van der Waals surface area contributed by atoms with Crippen LogP contribution in [-0.4, -0.2) is 11.5 Å². The monoisotopic (exact) mass is 258 g/mol. The third-order valence-corrected chi connectivity index (χ3v) is 3.93. The van der Waals surface area contributed by atoms with Crippen LogP contribution in [-0.2, 0) is 0 Å². The molecule has 3 heteroatoms. The van der Waals surface area contributed by atoms with Gasteiger partial charge in [0.15, 0.2) is 0 Å². The molecule has 0 aliphatic heterocycles. The maximum atomic E-state index is 13.4. The highest BCUT2D eigenvalue weighted by atomic mass is 19.1. The summed E-state index contributed by atoms with van der Waals surface area (Å²) < 4.78 is 13.4. The molecule has 1 aliphatic carbocycles. The SMILES string of the molecule is CCNc1cc(C2CCCC2)nc2ccc(F)cc12. The van der Waals surface area contributed by atoms with Crippen LogP contribution in [0.2, 0.25) is 0 Å². The first-order valence-electron chi connectivity index (χ1n) is 7.12. The molecule has 0 amide bonds. The van der Waals surface area contributed by atoms with Crippen LogP contribution in [0.15, 0.2) is 24.3 Å². The van der Waals surface area contributed by atoms with Gasteiger partial charge in [-0.05, 0) is 44.0 Å². The highest BCUT2D eigenvalue weighted by Crippen LogP contribution is 2.36. The smallest absolute Gasteiger partial charge is 0.124 e. The third-order valence-electron chi connectivity index (χ3n) is 3.93. The van der Waals surface area contributed by atoms with Gasteiger partial charge >= 0.3 is 0 Å². The second kappa shape index (κ2) is 5.16. The molecule has 0 saturated heterocycles. The number of nitrogens with one attached hydrogen (secondary N) is 1. The average molecular weight is 258 g/mol. The molecule has 100 valence electrons. The summed E-state index contributed by atoms with van der Waals surface area (Å²) >= 11 is 0. The zero-order valence-corrected chi connectivity index (χ0v) is 11.2. The number of hydrogen-bond acceptors (Lipinski definition) is 2. The first kappa shape index (κ1) is 12.4. The van der Waals surface area contributed by atoms with Crippen molar-refractivity contribution in [1.82, 2.24) is 4.98 Å². The Morgan fingerprint density at radius 3 is 2.79 bits per heavy atom. The Balaban J connectivity index is 2.12. The summed E-state index contributed by atoms with van der Waals surface area (Å²) in [7, 11) is 0. The lowest BCUT2D eigenvalue weighted by Crippen LogP contribution is -2.03. The summed E-state index contributed by atoms with van der Waals surface area (Å²) in [5.74, 6) is 0.369. The molecule has 3 rings (SSSR count). The number of nitrogens with zero attached hydrogens (tertiary/aromatic N) is 1. The third kappa shape index (κ3) is 2.42. The van der Waals surface area contributed by atoms with Gasteiger partial charge in [0.2, 0.25) is 0 Å². The molecule has 1 fully saturated rings. The van der Waals surface area contributed by atoms with Crippen molar-refractivity contribution in [1.29, 1.82) is 0 Å². The summed E-state index contributed by atoms with van der Waals surface area (Å²) in [6, 6.07) is 6.95. The number of hydrogen-bond donors (Lipinski definition) is 1. The normalized spacial score (nSPS) is 16.1. The van der Waals surface area contributed by atoms with Crippen LogP contribution in [0.3, 0.4) is 0 Å². The van der Waals surface area contributed by atoms with E-state index in [2.05, 4.69) is 18.3 Å². The van der Waals surface area contributed by atoms with Crippen LogP contribution >= 0.6 is 0 Å². The molecule has 1 N–H and O–H groups in total. The molecule has 0 bridgehead atoms. The molecule has 2 nitrogen and oxygen atoms in total. The van der Waals surface area contributed by atoms with Gasteiger partial charge in [0.25, 0.3) is 0 Å². The molecule has 1 aromatic carbocycles. The molecule has 0 unspecified atom stereocenters. The van der Waals surface area contributed by atoms with E-state index in [0.29, 0.717) is 5.92 Å². The average Bonchev–Trinajstić information content (AvgIpc) is 2.93. The Kier molecular flexibility index (Phi) is 3.36. The standard InChI is InChI=1S/C16H19FN2/c1-2-18-16-10-15(11-5-3-4-6-11)19-14-8-7-12(17)9-13(14)16/h7-11H,2-6H2,1H3,(H,18,19). The maximum absolute atomic E-state index is 13.4. The van der Waals surface area contributed by atoms with Crippen molar-refractivity contribution in [3.05, 3.63) is 35.8 Å². The molecule has 1 aliphatic rings. The molecule has 0 radical (unpaired) electrons. The Morgan fingerprint density at radius 1 is 1.26 bits per heavy atom. The predicted molar refractivity (Wildman–Crippen MR) is 77.1 cm³/mol. The highest BCUT2D eigenvalue weighted by molar-refractivity contribution is 5.91. The zero-order chi connectivity index (χ0) is 13.2. The van der Waals surface area contributed by atoms with E-state index in [9.17, 15) is 4.39 Å². The Labute approximate surface area is 113 Å². The van der Waals surface area contributed by atoms with Gasteiger partial charge in [0, 0.05) is 29.2 Å². The van der Waals surface area contributed by atoms with Gasteiger partial charge < -0.3 is 5.32 Å². The van der Waals surface area contributed by atoms with Crippen LogP contribution < -0.4 is 5.32 Å².